The van der Waals surface area contributed by atoms with Crippen LogP contribution in [-0.4, -0.2) is 35.2 Å². The van der Waals surface area contributed by atoms with Crippen LogP contribution in [-0.2, 0) is 9.63 Å². The van der Waals surface area contributed by atoms with Crippen molar-refractivity contribution in [2.75, 3.05) is 7.05 Å². The Morgan fingerprint density at radius 3 is 2.24 bits per heavy atom. The molecule has 1 fully saturated rings. The lowest BCUT2D eigenvalue weighted by Gasteiger charge is -2.48. The molecule has 0 aromatic carbocycles. The van der Waals surface area contributed by atoms with Gasteiger partial charge in [0.25, 0.3) is 0 Å². The van der Waals surface area contributed by atoms with Gasteiger partial charge in [-0.25, -0.2) is 4.79 Å². The lowest BCUT2D eigenvalue weighted by Crippen LogP contribution is -2.61. The number of carbonyl (C=O) groups is 1. The van der Waals surface area contributed by atoms with Gasteiger partial charge >= 0.3 is 5.97 Å². The molecular weight excluding hydrogens is 216 g/mol. The van der Waals surface area contributed by atoms with Crippen molar-refractivity contribution in [2.45, 2.75) is 57.7 Å². The summed E-state index contributed by atoms with van der Waals surface area (Å²) >= 11 is 0. The summed E-state index contributed by atoms with van der Waals surface area (Å²) in [5, 5.41) is 5.26. The van der Waals surface area contributed by atoms with Crippen LogP contribution in [0.25, 0.3) is 0 Å². The number of piperidine rings is 1. The first-order valence-electron chi connectivity index (χ1n) is 6.02. The molecule has 0 atom stereocenters. The van der Waals surface area contributed by atoms with Crippen LogP contribution in [0.1, 0.15) is 40.5 Å². The molecule has 0 spiro atoms. The summed E-state index contributed by atoms with van der Waals surface area (Å²) in [5.41, 5.74) is 0.0858. The van der Waals surface area contributed by atoms with E-state index in [4.69, 9.17) is 4.84 Å². The molecule has 0 aromatic heterocycles. The molecule has 1 rings (SSSR count). The fraction of sp³-hybridized carbons (Fsp3) is 0.769. The summed E-state index contributed by atoms with van der Waals surface area (Å²) < 4.78 is 0. The van der Waals surface area contributed by atoms with E-state index in [1.54, 1.807) is 5.06 Å². The third kappa shape index (κ3) is 4.13. The molecule has 1 N–H and O–H groups in total. The van der Waals surface area contributed by atoms with Crippen LogP contribution in [0.2, 0.25) is 0 Å². The first-order chi connectivity index (χ1) is 7.65. The van der Waals surface area contributed by atoms with Crippen LogP contribution >= 0.6 is 0 Å². The highest BCUT2D eigenvalue weighted by atomic mass is 16.7. The average Bonchev–Trinajstić information content (AvgIpc) is 2.12. The topological polar surface area (TPSA) is 41.6 Å². The Morgan fingerprint density at radius 2 is 1.82 bits per heavy atom. The second kappa shape index (κ2) is 4.78. The Balaban J connectivity index is 2.70. The Hall–Kier alpha value is -0.870. The van der Waals surface area contributed by atoms with E-state index in [0.29, 0.717) is 0 Å². The van der Waals surface area contributed by atoms with Crippen molar-refractivity contribution in [1.82, 2.24) is 10.4 Å². The number of rotatable bonds is 3. The monoisotopic (exact) mass is 240 g/mol. The number of carbonyl (C=O) groups excluding carboxylic acids is 1. The minimum absolute atomic E-state index is 0.0429. The van der Waals surface area contributed by atoms with Gasteiger partial charge in [0, 0.05) is 30.2 Å². The fourth-order valence-electron chi connectivity index (χ4n) is 2.78. The molecule has 0 aromatic rings. The van der Waals surface area contributed by atoms with Crippen LogP contribution in [0.5, 0.6) is 0 Å². The molecule has 4 nitrogen and oxygen atoms in total. The van der Waals surface area contributed by atoms with Crippen molar-refractivity contribution in [3.63, 3.8) is 0 Å². The lowest BCUT2D eigenvalue weighted by molar-refractivity contribution is -0.194. The van der Waals surface area contributed by atoms with Crippen LogP contribution < -0.4 is 5.32 Å². The molecule has 1 aliphatic rings. The number of nitrogens with zero attached hydrogens (tertiary/aromatic N) is 1. The van der Waals surface area contributed by atoms with Gasteiger partial charge in [-0.1, -0.05) is 6.58 Å². The highest BCUT2D eigenvalue weighted by Gasteiger charge is 2.40. The molecular formula is C13H24N2O2. The maximum atomic E-state index is 11.2. The number of hydroxylamine groups is 2. The van der Waals surface area contributed by atoms with Crippen LogP contribution in [0.4, 0.5) is 0 Å². The molecule has 1 saturated heterocycles. The van der Waals surface area contributed by atoms with Crippen molar-refractivity contribution >= 4 is 5.97 Å². The van der Waals surface area contributed by atoms with E-state index in [2.05, 4.69) is 39.6 Å². The molecule has 0 bridgehead atoms. The van der Waals surface area contributed by atoms with Gasteiger partial charge in [0.05, 0.1) is 0 Å². The van der Waals surface area contributed by atoms with E-state index in [-0.39, 0.29) is 17.1 Å². The minimum atomic E-state index is -0.401. The predicted octanol–water partition coefficient (Wildman–Crippen LogP) is 1.87. The molecule has 1 aliphatic heterocycles. The van der Waals surface area contributed by atoms with Crippen LogP contribution in [0.3, 0.4) is 0 Å². The summed E-state index contributed by atoms with van der Waals surface area (Å²) in [6.45, 7) is 12.1. The average molecular weight is 240 g/mol. The molecule has 0 unspecified atom stereocenters. The third-order valence-corrected chi connectivity index (χ3v) is 3.08. The predicted molar refractivity (Wildman–Crippen MR) is 68.4 cm³/mol. The normalized spacial score (nSPS) is 23.4. The zero-order valence-electron chi connectivity index (χ0n) is 11.5. The van der Waals surface area contributed by atoms with Crippen LogP contribution in [0, 0.1) is 0 Å². The summed E-state index contributed by atoms with van der Waals surface area (Å²) in [7, 11) is 1.81. The Kier molecular flexibility index (Phi) is 3.99. The third-order valence-electron chi connectivity index (χ3n) is 3.08. The van der Waals surface area contributed by atoms with Crippen molar-refractivity contribution in [3.8, 4) is 0 Å². The van der Waals surface area contributed by atoms with E-state index >= 15 is 0 Å². The van der Waals surface area contributed by atoms with Gasteiger partial charge in [0.1, 0.15) is 0 Å². The van der Waals surface area contributed by atoms with Gasteiger partial charge in [-0.3, -0.25) is 0 Å². The van der Waals surface area contributed by atoms with Gasteiger partial charge in [-0.05, 0) is 40.5 Å². The number of nitrogens with one attached hydrogen (secondary N) is 1. The van der Waals surface area contributed by atoms with Gasteiger partial charge in [0.2, 0.25) is 0 Å². The molecule has 0 radical (unpaired) electrons. The largest absolute Gasteiger partial charge is 0.364 e. The maximum Gasteiger partial charge on any atom is 0.349 e. The molecule has 1 heterocycles. The zero-order chi connectivity index (χ0) is 13.3. The minimum Gasteiger partial charge on any atom is -0.364 e. The molecule has 17 heavy (non-hydrogen) atoms. The van der Waals surface area contributed by atoms with Gasteiger partial charge in [-0.2, -0.15) is 0 Å². The van der Waals surface area contributed by atoms with E-state index < -0.39 is 5.97 Å². The van der Waals surface area contributed by atoms with Crippen molar-refractivity contribution in [3.05, 3.63) is 12.7 Å². The van der Waals surface area contributed by atoms with E-state index in [1.807, 2.05) is 7.05 Å². The zero-order valence-corrected chi connectivity index (χ0v) is 11.5. The Labute approximate surface area is 104 Å². The second-order valence-electron chi connectivity index (χ2n) is 6.12. The summed E-state index contributed by atoms with van der Waals surface area (Å²) in [6.07, 6.45) is 3.07. The van der Waals surface area contributed by atoms with E-state index in [9.17, 15) is 4.79 Å². The first kappa shape index (κ1) is 14.2. The second-order valence-corrected chi connectivity index (χ2v) is 6.12. The van der Waals surface area contributed by atoms with E-state index in [1.165, 1.54) is 6.08 Å². The molecule has 0 saturated carbocycles. The quantitative estimate of drug-likeness (QED) is 0.604. The fourth-order valence-corrected chi connectivity index (χ4v) is 2.78. The van der Waals surface area contributed by atoms with Crippen molar-refractivity contribution in [2.24, 2.45) is 0 Å². The standard InChI is InChI=1S/C13H24N2O2/c1-7-11(16)17-15(6)10-8-12(2,3)14-13(4,5)9-10/h7,10,14H,1,8-9H2,2-6H3. The van der Waals surface area contributed by atoms with Crippen molar-refractivity contribution < 1.29 is 9.63 Å². The Bertz CT molecular complexity index is 295. The van der Waals surface area contributed by atoms with E-state index in [0.717, 1.165) is 12.8 Å². The van der Waals surface area contributed by atoms with Crippen LogP contribution in [0.15, 0.2) is 12.7 Å². The number of hydrogen-bond donors (Lipinski definition) is 1. The molecule has 0 amide bonds. The van der Waals surface area contributed by atoms with Gasteiger partial charge in [-0.15, -0.1) is 5.06 Å². The summed E-state index contributed by atoms with van der Waals surface area (Å²) in [4.78, 5) is 16.4. The highest BCUT2D eigenvalue weighted by Crippen LogP contribution is 2.31. The Morgan fingerprint density at radius 1 is 1.35 bits per heavy atom. The molecule has 98 valence electrons. The van der Waals surface area contributed by atoms with Gasteiger partial charge in [0.15, 0.2) is 0 Å². The summed E-state index contributed by atoms with van der Waals surface area (Å²) in [5.74, 6) is -0.401. The number of hydrogen-bond acceptors (Lipinski definition) is 4. The first-order valence-corrected chi connectivity index (χ1v) is 6.02. The lowest BCUT2D eigenvalue weighted by atomic mass is 9.79. The SMILES string of the molecule is C=CC(=O)ON(C)C1CC(C)(C)NC(C)(C)C1. The summed E-state index contributed by atoms with van der Waals surface area (Å²) in [6, 6.07) is 0.227. The highest BCUT2D eigenvalue weighted by molar-refractivity contribution is 5.80. The van der Waals surface area contributed by atoms with Gasteiger partial charge < -0.3 is 10.2 Å². The molecule has 4 heteroatoms. The maximum absolute atomic E-state index is 11.2. The molecule has 0 aliphatic carbocycles. The smallest absolute Gasteiger partial charge is 0.349 e. The van der Waals surface area contributed by atoms with Crippen molar-refractivity contribution in [1.29, 1.82) is 0 Å².